The number of nitrogens with zero attached hydrogens (tertiary/aromatic N) is 4. The van der Waals surface area contributed by atoms with Gasteiger partial charge >= 0.3 is 0 Å². The van der Waals surface area contributed by atoms with Crippen LogP contribution in [-0.4, -0.2) is 46.9 Å². The van der Waals surface area contributed by atoms with Gasteiger partial charge in [-0.25, -0.2) is 17.5 Å². The second-order valence-electron chi connectivity index (χ2n) is 6.62. The average molecular weight is 447 g/mol. The summed E-state index contributed by atoms with van der Waals surface area (Å²) in [4.78, 5) is 22.6. The summed E-state index contributed by atoms with van der Waals surface area (Å²) in [6.07, 6.45) is 0. The third-order valence-electron chi connectivity index (χ3n) is 4.29. The van der Waals surface area contributed by atoms with Crippen LogP contribution < -0.4 is 5.32 Å². The van der Waals surface area contributed by atoms with Crippen LogP contribution >= 0.6 is 0 Å². The Morgan fingerprint density at radius 3 is 2.39 bits per heavy atom. The topological polar surface area (TPSA) is 127 Å². The highest BCUT2D eigenvalue weighted by Crippen LogP contribution is 2.20. The maximum absolute atomic E-state index is 13.1. The molecule has 12 heteroatoms. The minimum absolute atomic E-state index is 0.0918. The molecule has 0 atom stereocenters. The lowest BCUT2D eigenvalue weighted by atomic mass is 10.3. The number of likely N-dealkylation sites (N-methyl/N-ethyl adjacent to an activating group) is 1. The molecule has 1 N–H and O–H groups in total. The number of sulfonamides is 1. The third-order valence-corrected chi connectivity index (χ3v) is 6.11. The minimum Gasteiger partial charge on any atom is -0.309 e. The molecule has 162 valence electrons. The van der Waals surface area contributed by atoms with E-state index < -0.39 is 33.2 Å². The zero-order valence-electron chi connectivity index (χ0n) is 16.5. The van der Waals surface area contributed by atoms with Gasteiger partial charge in [-0.1, -0.05) is 0 Å². The maximum atomic E-state index is 13.1. The van der Waals surface area contributed by atoms with Gasteiger partial charge in [0.25, 0.3) is 5.69 Å². The van der Waals surface area contributed by atoms with Crippen molar-refractivity contribution in [1.29, 1.82) is 0 Å². The summed E-state index contributed by atoms with van der Waals surface area (Å²) in [6.45, 7) is 1.20. The van der Waals surface area contributed by atoms with Crippen LogP contribution in [0.3, 0.4) is 0 Å². The van der Waals surface area contributed by atoms with Crippen molar-refractivity contribution in [3.05, 3.63) is 76.2 Å². The van der Waals surface area contributed by atoms with Crippen molar-refractivity contribution in [2.75, 3.05) is 18.9 Å². The largest absolute Gasteiger partial charge is 0.309 e. The quantitative estimate of drug-likeness (QED) is 0.438. The number of halogens is 1. The number of amides is 1. The van der Waals surface area contributed by atoms with Crippen LogP contribution in [-0.2, 0) is 14.8 Å². The van der Waals surface area contributed by atoms with E-state index in [1.807, 2.05) is 0 Å². The fraction of sp³-hybridized carbons (Fsp3) is 0.158. The number of aryl methyl sites for hydroxylation is 1. The van der Waals surface area contributed by atoms with Crippen LogP contribution in [0.2, 0.25) is 0 Å². The summed E-state index contributed by atoms with van der Waals surface area (Å²) in [5, 5.41) is 17.7. The zero-order valence-corrected chi connectivity index (χ0v) is 17.3. The first-order valence-electron chi connectivity index (χ1n) is 8.91. The first kappa shape index (κ1) is 22.1. The summed E-state index contributed by atoms with van der Waals surface area (Å²) in [5.41, 5.74) is 0.952. The number of nitro benzene ring substituents is 1. The molecule has 1 amide bonds. The van der Waals surface area contributed by atoms with Crippen molar-refractivity contribution >= 4 is 27.4 Å². The third kappa shape index (κ3) is 4.92. The van der Waals surface area contributed by atoms with Crippen LogP contribution in [0.4, 0.5) is 15.9 Å². The minimum atomic E-state index is -3.99. The summed E-state index contributed by atoms with van der Waals surface area (Å²) in [5.74, 6) is -0.936. The smallest absolute Gasteiger partial charge is 0.269 e. The molecule has 0 spiro atoms. The second kappa shape index (κ2) is 8.62. The van der Waals surface area contributed by atoms with E-state index in [0.717, 1.165) is 28.6 Å². The van der Waals surface area contributed by atoms with E-state index in [1.165, 1.54) is 36.0 Å². The van der Waals surface area contributed by atoms with Gasteiger partial charge in [0.1, 0.15) is 11.6 Å². The highest BCUT2D eigenvalue weighted by atomic mass is 32.2. The van der Waals surface area contributed by atoms with Gasteiger partial charge in [0.05, 0.1) is 27.7 Å². The van der Waals surface area contributed by atoms with Crippen LogP contribution in [0.15, 0.2) is 59.5 Å². The first-order chi connectivity index (χ1) is 14.6. The van der Waals surface area contributed by atoms with E-state index >= 15 is 0 Å². The van der Waals surface area contributed by atoms with Crippen LogP contribution in [0.1, 0.15) is 5.69 Å². The van der Waals surface area contributed by atoms with Crippen molar-refractivity contribution in [2.24, 2.45) is 0 Å². The molecule has 1 aromatic heterocycles. The molecule has 0 fully saturated rings. The summed E-state index contributed by atoms with van der Waals surface area (Å²) in [6, 6.07) is 11.4. The maximum Gasteiger partial charge on any atom is 0.269 e. The number of anilines is 1. The summed E-state index contributed by atoms with van der Waals surface area (Å²) >= 11 is 0. The predicted octanol–water partition coefficient (Wildman–Crippen LogP) is 2.49. The van der Waals surface area contributed by atoms with Crippen molar-refractivity contribution in [3.8, 4) is 5.69 Å². The number of nitrogens with one attached hydrogen (secondary N) is 1. The summed E-state index contributed by atoms with van der Waals surface area (Å²) < 4.78 is 40.4. The number of rotatable bonds is 7. The lowest BCUT2D eigenvalue weighted by molar-refractivity contribution is -0.384. The van der Waals surface area contributed by atoms with Crippen LogP contribution in [0, 0.1) is 22.9 Å². The number of carbonyl (C=O) groups is 1. The molecule has 2 aromatic carbocycles. The first-order valence-corrected chi connectivity index (χ1v) is 10.3. The molecule has 1 heterocycles. The normalized spacial score (nSPS) is 11.5. The standard InChI is InChI=1S/C19H18FN5O5S/c1-13-11-18(24(22-13)15-5-7-16(8-6-15)25(27)28)21-19(26)12-23(2)31(29,30)17-9-3-14(20)4-10-17/h3-11H,12H2,1-2H3,(H,21,26). The molecule has 0 radical (unpaired) electrons. The van der Waals surface area contributed by atoms with Crippen LogP contribution in [0.25, 0.3) is 5.69 Å². The van der Waals surface area contributed by atoms with Crippen molar-refractivity contribution < 1.29 is 22.5 Å². The number of aromatic nitrogens is 2. The molecular weight excluding hydrogens is 429 g/mol. The van der Waals surface area contributed by atoms with E-state index in [9.17, 15) is 27.7 Å². The van der Waals surface area contributed by atoms with Crippen LogP contribution in [0.5, 0.6) is 0 Å². The van der Waals surface area contributed by atoms with E-state index in [1.54, 1.807) is 13.0 Å². The van der Waals surface area contributed by atoms with E-state index in [4.69, 9.17) is 0 Å². The van der Waals surface area contributed by atoms with Gasteiger partial charge in [-0.05, 0) is 43.3 Å². The lowest BCUT2D eigenvalue weighted by Gasteiger charge is -2.17. The number of nitro groups is 1. The monoisotopic (exact) mass is 447 g/mol. The molecule has 3 rings (SSSR count). The van der Waals surface area contributed by atoms with Gasteiger partial charge in [0.2, 0.25) is 15.9 Å². The Labute approximate surface area is 177 Å². The molecule has 0 saturated heterocycles. The van der Waals surface area contributed by atoms with E-state index in [0.29, 0.717) is 11.4 Å². The second-order valence-corrected chi connectivity index (χ2v) is 8.66. The Bertz CT molecular complexity index is 1220. The molecule has 31 heavy (non-hydrogen) atoms. The van der Waals surface area contributed by atoms with Gasteiger partial charge in [0.15, 0.2) is 0 Å². The SMILES string of the molecule is Cc1cc(NC(=O)CN(C)S(=O)(=O)c2ccc(F)cc2)n(-c2ccc([N+](=O)[O-])cc2)n1. The average Bonchev–Trinajstić information content (AvgIpc) is 3.08. The Hall–Kier alpha value is -3.64. The molecule has 0 aliphatic rings. The Kier molecular flexibility index (Phi) is 6.13. The zero-order chi connectivity index (χ0) is 22.8. The van der Waals surface area contributed by atoms with Gasteiger partial charge < -0.3 is 5.32 Å². The number of hydrogen-bond acceptors (Lipinski definition) is 6. The summed E-state index contributed by atoms with van der Waals surface area (Å²) in [7, 11) is -2.76. The predicted molar refractivity (Wildman–Crippen MR) is 110 cm³/mol. The molecule has 0 saturated carbocycles. The molecule has 3 aromatic rings. The molecule has 0 aliphatic heterocycles. The Morgan fingerprint density at radius 1 is 1.19 bits per heavy atom. The number of hydrogen-bond donors (Lipinski definition) is 1. The van der Waals surface area contributed by atoms with Gasteiger partial charge in [0, 0.05) is 25.2 Å². The van der Waals surface area contributed by atoms with Crippen molar-refractivity contribution in [2.45, 2.75) is 11.8 Å². The molecule has 0 aliphatic carbocycles. The molecule has 0 bridgehead atoms. The van der Waals surface area contributed by atoms with Gasteiger partial charge in [-0.2, -0.15) is 9.40 Å². The fourth-order valence-electron chi connectivity index (χ4n) is 2.76. The Balaban J connectivity index is 1.76. The molecular formula is C19H18FN5O5S. The highest BCUT2D eigenvalue weighted by Gasteiger charge is 2.23. The lowest BCUT2D eigenvalue weighted by Crippen LogP contribution is -2.35. The fourth-order valence-corrected chi connectivity index (χ4v) is 3.88. The number of non-ortho nitro benzene ring substituents is 1. The highest BCUT2D eigenvalue weighted by molar-refractivity contribution is 7.89. The Morgan fingerprint density at radius 2 is 1.81 bits per heavy atom. The van der Waals surface area contributed by atoms with E-state index in [-0.39, 0.29) is 16.4 Å². The van der Waals surface area contributed by atoms with Crippen molar-refractivity contribution in [3.63, 3.8) is 0 Å². The number of carbonyl (C=O) groups excluding carboxylic acids is 1. The van der Waals surface area contributed by atoms with Gasteiger partial charge in [-0.3, -0.25) is 14.9 Å². The molecule has 10 nitrogen and oxygen atoms in total. The van der Waals surface area contributed by atoms with Gasteiger partial charge in [-0.15, -0.1) is 0 Å². The van der Waals surface area contributed by atoms with Crippen molar-refractivity contribution in [1.82, 2.24) is 14.1 Å². The molecule has 0 unspecified atom stereocenters. The number of benzene rings is 2. The van der Waals surface area contributed by atoms with E-state index in [2.05, 4.69) is 10.4 Å².